The van der Waals surface area contributed by atoms with E-state index in [1.54, 1.807) is 17.7 Å². The minimum Gasteiger partial charge on any atom is -0.448 e. The van der Waals surface area contributed by atoms with Gasteiger partial charge in [0.25, 0.3) is 5.91 Å². The number of rotatable bonds is 6. The van der Waals surface area contributed by atoms with Crippen molar-refractivity contribution in [3.05, 3.63) is 76.6 Å². The Morgan fingerprint density at radius 1 is 1.06 bits per heavy atom. The summed E-state index contributed by atoms with van der Waals surface area (Å²) >= 11 is 0. The quantitative estimate of drug-likeness (QED) is 0.582. The standard InChI is InChI=1S/C25H27N3O3/c1-15-12-16(2)23(17(3)13-15)26-24(29)18(4)31-25(30)22-14-21(19-10-11-19)27-28(22)20-8-6-5-7-9-20/h5-9,12-14,18-19H,10-11H2,1-4H3,(H,26,29)/t18-/m1/s1. The van der Waals surface area contributed by atoms with Crippen LogP contribution in [0.3, 0.4) is 0 Å². The molecule has 1 atom stereocenters. The van der Waals surface area contributed by atoms with E-state index < -0.39 is 12.1 Å². The van der Waals surface area contributed by atoms with Gasteiger partial charge in [0, 0.05) is 11.6 Å². The van der Waals surface area contributed by atoms with Gasteiger partial charge in [0.15, 0.2) is 11.8 Å². The van der Waals surface area contributed by atoms with Crippen LogP contribution in [0, 0.1) is 20.8 Å². The molecule has 6 nitrogen and oxygen atoms in total. The lowest BCUT2D eigenvalue weighted by molar-refractivity contribution is -0.123. The van der Waals surface area contributed by atoms with Gasteiger partial charge < -0.3 is 10.1 Å². The van der Waals surface area contributed by atoms with Crippen molar-refractivity contribution in [2.75, 3.05) is 5.32 Å². The second-order valence-electron chi connectivity index (χ2n) is 8.29. The van der Waals surface area contributed by atoms with Gasteiger partial charge in [-0.2, -0.15) is 5.10 Å². The monoisotopic (exact) mass is 417 g/mol. The molecule has 6 heteroatoms. The number of nitrogens with one attached hydrogen (secondary N) is 1. The van der Waals surface area contributed by atoms with E-state index in [-0.39, 0.29) is 5.91 Å². The summed E-state index contributed by atoms with van der Waals surface area (Å²) in [6, 6.07) is 15.3. The summed E-state index contributed by atoms with van der Waals surface area (Å²) in [4.78, 5) is 25.7. The van der Waals surface area contributed by atoms with Crippen LogP contribution in [0.15, 0.2) is 48.5 Å². The third-order valence-corrected chi connectivity index (χ3v) is 5.51. The first-order chi connectivity index (χ1) is 14.8. The zero-order chi connectivity index (χ0) is 22.1. The third-order valence-electron chi connectivity index (χ3n) is 5.51. The van der Waals surface area contributed by atoms with Gasteiger partial charge in [0.05, 0.1) is 11.4 Å². The number of carbonyl (C=O) groups excluding carboxylic acids is 2. The van der Waals surface area contributed by atoms with Gasteiger partial charge in [-0.1, -0.05) is 35.9 Å². The number of hydrogen-bond acceptors (Lipinski definition) is 4. The molecule has 0 bridgehead atoms. The average molecular weight is 418 g/mol. The molecule has 2 aromatic carbocycles. The lowest BCUT2D eigenvalue weighted by atomic mass is 10.0. The van der Waals surface area contributed by atoms with Crippen molar-refractivity contribution in [1.82, 2.24) is 9.78 Å². The molecule has 1 fully saturated rings. The summed E-state index contributed by atoms with van der Waals surface area (Å²) < 4.78 is 7.14. The van der Waals surface area contributed by atoms with E-state index in [0.717, 1.165) is 46.6 Å². The van der Waals surface area contributed by atoms with Crippen LogP contribution in [0.5, 0.6) is 0 Å². The highest BCUT2D eigenvalue weighted by atomic mass is 16.5. The van der Waals surface area contributed by atoms with E-state index in [1.807, 2.05) is 63.2 Å². The minimum absolute atomic E-state index is 0.329. The van der Waals surface area contributed by atoms with Crippen LogP contribution in [0.1, 0.15) is 58.6 Å². The van der Waals surface area contributed by atoms with Crippen molar-refractivity contribution >= 4 is 17.6 Å². The largest absolute Gasteiger partial charge is 0.448 e. The summed E-state index contributed by atoms with van der Waals surface area (Å²) in [5, 5.41) is 7.53. The normalized spacial score (nSPS) is 14.2. The third kappa shape index (κ3) is 4.53. The molecule has 1 saturated carbocycles. The summed E-state index contributed by atoms with van der Waals surface area (Å²) in [5.41, 5.74) is 5.83. The number of hydrogen-bond donors (Lipinski definition) is 1. The smallest absolute Gasteiger partial charge is 0.357 e. The first-order valence-electron chi connectivity index (χ1n) is 10.6. The van der Waals surface area contributed by atoms with Crippen LogP contribution in [-0.4, -0.2) is 27.8 Å². The Labute approximate surface area is 182 Å². The van der Waals surface area contributed by atoms with E-state index in [0.29, 0.717) is 11.6 Å². The molecule has 0 saturated heterocycles. The predicted octanol–water partition coefficient (Wildman–Crippen LogP) is 4.86. The highest BCUT2D eigenvalue weighted by Crippen LogP contribution is 2.39. The van der Waals surface area contributed by atoms with Crippen LogP contribution >= 0.6 is 0 Å². The van der Waals surface area contributed by atoms with Gasteiger partial charge in [-0.15, -0.1) is 0 Å². The molecule has 1 aliphatic carbocycles. The lowest BCUT2D eigenvalue weighted by Crippen LogP contribution is -2.31. The second kappa shape index (κ2) is 8.38. The van der Waals surface area contributed by atoms with Gasteiger partial charge in [-0.05, 0) is 69.9 Å². The number of anilines is 1. The fourth-order valence-electron chi connectivity index (χ4n) is 3.77. The molecule has 1 heterocycles. The summed E-state index contributed by atoms with van der Waals surface area (Å²) in [6.45, 7) is 7.49. The number of aromatic nitrogens is 2. The second-order valence-corrected chi connectivity index (χ2v) is 8.29. The van der Waals surface area contributed by atoms with Crippen molar-refractivity contribution in [1.29, 1.82) is 0 Å². The van der Waals surface area contributed by atoms with Gasteiger partial charge in [0.2, 0.25) is 0 Å². The van der Waals surface area contributed by atoms with Crippen LogP contribution in [0.2, 0.25) is 0 Å². The van der Waals surface area contributed by atoms with E-state index >= 15 is 0 Å². The number of ether oxygens (including phenoxy) is 1. The maximum Gasteiger partial charge on any atom is 0.357 e. The molecule has 1 amide bonds. The van der Waals surface area contributed by atoms with Crippen molar-refractivity contribution in [2.24, 2.45) is 0 Å². The molecule has 0 spiro atoms. The van der Waals surface area contributed by atoms with Crippen LogP contribution < -0.4 is 5.32 Å². The van der Waals surface area contributed by atoms with Gasteiger partial charge >= 0.3 is 5.97 Å². The lowest BCUT2D eigenvalue weighted by Gasteiger charge is -2.17. The van der Waals surface area contributed by atoms with Gasteiger partial charge in [-0.3, -0.25) is 4.79 Å². The summed E-state index contributed by atoms with van der Waals surface area (Å²) in [5.74, 6) is -0.537. The Morgan fingerprint density at radius 2 is 1.71 bits per heavy atom. The fourth-order valence-corrected chi connectivity index (χ4v) is 3.77. The average Bonchev–Trinajstić information content (AvgIpc) is 3.49. The topological polar surface area (TPSA) is 73.2 Å². The number of amides is 1. The molecule has 4 rings (SSSR count). The molecule has 1 aliphatic rings. The number of esters is 1. The van der Waals surface area contributed by atoms with Crippen molar-refractivity contribution < 1.29 is 14.3 Å². The number of carbonyl (C=O) groups is 2. The molecule has 1 N–H and O–H groups in total. The number of benzene rings is 2. The Balaban J connectivity index is 1.52. The first-order valence-corrected chi connectivity index (χ1v) is 10.6. The summed E-state index contributed by atoms with van der Waals surface area (Å²) in [7, 11) is 0. The number of para-hydroxylation sites is 1. The molecule has 0 unspecified atom stereocenters. The Hall–Kier alpha value is -3.41. The molecular formula is C25H27N3O3. The zero-order valence-corrected chi connectivity index (χ0v) is 18.3. The molecule has 31 heavy (non-hydrogen) atoms. The Bertz CT molecular complexity index is 1110. The molecule has 3 aromatic rings. The molecule has 0 aliphatic heterocycles. The molecular weight excluding hydrogens is 390 g/mol. The van der Waals surface area contributed by atoms with Crippen LogP contribution in [0.4, 0.5) is 5.69 Å². The molecule has 0 radical (unpaired) electrons. The van der Waals surface area contributed by atoms with Gasteiger partial charge in [0.1, 0.15) is 0 Å². The summed E-state index contributed by atoms with van der Waals surface area (Å²) in [6.07, 6.45) is 1.21. The fraction of sp³-hybridized carbons (Fsp3) is 0.320. The highest BCUT2D eigenvalue weighted by Gasteiger charge is 2.30. The van der Waals surface area contributed by atoms with Gasteiger partial charge in [-0.25, -0.2) is 9.48 Å². The SMILES string of the molecule is Cc1cc(C)c(NC(=O)[C@@H](C)OC(=O)c2cc(C3CC3)nn2-c2ccccc2)c(C)c1. The van der Waals surface area contributed by atoms with E-state index in [1.165, 1.54) is 0 Å². The van der Waals surface area contributed by atoms with Crippen molar-refractivity contribution in [3.8, 4) is 5.69 Å². The van der Waals surface area contributed by atoms with Crippen LogP contribution in [0.25, 0.3) is 5.69 Å². The van der Waals surface area contributed by atoms with Crippen LogP contribution in [-0.2, 0) is 9.53 Å². The van der Waals surface area contributed by atoms with Crippen molar-refractivity contribution in [2.45, 2.75) is 52.6 Å². The predicted molar refractivity (Wildman–Crippen MR) is 120 cm³/mol. The number of nitrogens with zero attached hydrogens (tertiary/aromatic N) is 2. The van der Waals surface area contributed by atoms with E-state index in [4.69, 9.17) is 4.74 Å². The Morgan fingerprint density at radius 3 is 2.32 bits per heavy atom. The maximum absolute atomic E-state index is 13.0. The Kier molecular flexibility index (Phi) is 5.63. The molecule has 160 valence electrons. The molecule has 1 aromatic heterocycles. The number of aryl methyl sites for hydroxylation is 3. The minimum atomic E-state index is -0.948. The van der Waals surface area contributed by atoms with E-state index in [2.05, 4.69) is 10.4 Å². The van der Waals surface area contributed by atoms with Crippen molar-refractivity contribution in [3.63, 3.8) is 0 Å². The first kappa shape index (κ1) is 20.8. The highest BCUT2D eigenvalue weighted by molar-refractivity contribution is 5.98. The zero-order valence-electron chi connectivity index (χ0n) is 18.3. The van der Waals surface area contributed by atoms with E-state index in [9.17, 15) is 9.59 Å². The maximum atomic E-state index is 13.0.